The van der Waals surface area contributed by atoms with Crippen molar-refractivity contribution in [3.05, 3.63) is 22.1 Å². The Hall–Kier alpha value is -2.02. The lowest BCUT2D eigenvalue weighted by Gasteiger charge is -2.44. The highest BCUT2D eigenvalue weighted by molar-refractivity contribution is 5.96. The fraction of sp³-hybridized carbons (Fsp3) is 0.500. The summed E-state index contributed by atoms with van der Waals surface area (Å²) in [4.78, 5) is 25.6. The number of hydrogen-bond acceptors (Lipinski definition) is 5. The molecule has 1 fully saturated rings. The van der Waals surface area contributed by atoms with Crippen LogP contribution < -0.4 is 11.2 Å². The maximum Gasteiger partial charge on any atom is 0.276 e. The number of nitrogen functional groups attached to an aromatic ring is 1. The highest BCUT2D eigenvalue weighted by atomic mass is 16.5. The first-order valence-corrected chi connectivity index (χ1v) is 6.17. The van der Waals surface area contributed by atoms with E-state index in [9.17, 15) is 14.7 Å². The number of carbonyl (C=O) groups excluding carboxylic acids is 1. The largest absolute Gasteiger partial charge is 0.502 e. The van der Waals surface area contributed by atoms with E-state index in [1.807, 2.05) is 6.92 Å². The topological polar surface area (TPSA) is 97.8 Å². The Labute approximate surface area is 109 Å². The monoisotopic (exact) mass is 265 g/mol. The predicted molar refractivity (Wildman–Crippen MR) is 66.8 cm³/mol. The summed E-state index contributed by atoms with van der Waals surface area (Å²) in [6, 6.07) is 0.0204. The molecule has 2 atom stereocenters. The van der Waals surface area contributed by atoms with Gasteiger partial charge in [-0.3, -0.25) is 9.59 Å². The summed E-state index contributed by atoms with van der Waals surface area (Å²) in [5, 5.41) is 9.87. The molecular weight excluding hydrogens is 250 g/mol. The van der Waals surface area contributed by atoms with Crippen molar-refractivity contribution in [2.75, 3.05) is 12.3 Å². The first kappa shape index (κ1) is 12.0. The summed E-state index contributed by atoms with van der Waals surface area (Å²) in [5.41, 5.74) is 4.74. The maximum atomic E-state index is 12.4. The number of hydrogen-bond donors (Lipinski definition) is 2. The van der Waals surface area contributed by atoms with Gasteiger partial charge in [0.2, 0.25) is 5.43 Å². The third-order valence-electron chi connectivity index (χ3n) is 3.70. The number of aromatic nitrogens is 1. The van der Waals surface area contributed by atoms with Crippen molar-refractivity contribution in [1.82, 2.24) is 9.47 Å². The molecule has 1 saturated heterocycles. The lowest BCUT2D eigenvalue weighted by atomic mass is 10.1. The minimum Gasteiger partial charge on any atom is -0.502 e. The number of ether oxygens (including phenoxy) is 1. The van der Waals surface area contributed by atoms with Crippen molar-refractivity contribution in [2.24, 2.45) is 0 Å². The molecular formula is C12H15N3O4. The van der Waals surface area contributed by atoms with Crippen LogP contribution in [0.4, 0.5) is 5.69 Å². The number of rotatable bonds is 0. The van der Waals surface area contributed by atoms with Gasteiger partial charge in [-0.25, -0.2) is 0 Å². The predicted octanol–water partition coefficient (Wildman–Crippen LogP) is -0.273. The van der Waals surface area contributed by atoms with Crippen molar-refractivity contribution in [3.8, 4) is 5.75 Å². The third-order valence-corrected chi connectivity index (χ3v) is 3.70. The van der Waals surface area contributed by atoms with Crippen LogP contribution in [0.25, 0.3) is 0 Å². The van der Waals surface area contributed by atoms with Gasteiger partial charge in [0.1, 0.15) is 5.69 Å². The zero-order valence-corrected chi connectivity index (χ0v) is 10.5. The first-order valence-electron chi connectivity index (χ1n) is 6.17. The molecule has 1 aromatic rings. The first-order chi connectivity index (χ1) is 9.00. The van der Waals surface area contributed by atoms with Gasteiger partial charge >= 0.3 is 0 Å². The van der Waals surface area contributed by atoms with Gasteiger partial charge in [0.15, 0.2) is 17.7 Å². The van der Waals surface area contributed by atoms with Crippen LogP contribution in [0.15, 0.2) is 11.0 Å². The summed E-state index contributed by atoms with van der Waals surface area (Å²) < 4.78 is 7.07. The number of anilines is 1. The fourth-order valence-corrected chi connectivity index (χ4v) is 2.68. The molecule has 2 aliphatic heterocycles. The maximum absolute atomic E-state index is 12.4. The number of carbonyl (C=O) groups is 1. The highest BCUT2D eigenvalue weighted by Crippen LogP contribution is 2.29. The summed E-state index contributed by atoms with van der Waals surface area (Å²) >= 11 is 0. The number of amides is 1. The fourth-order valence-electron chi connectivity index (χ4n) is 2.68. The molecule has 0 saturated carbocycles. The number of nitrogens with two attached hydrogens (primary N) is 1. The minimum absolute atomic E-state index is 0.00667. The van der Waals surface area contributed by atoms with Crippen LogP contribution in [0.5, 0.6) is 5.75 Å². The Morgan fingerprint density at radius 3 is 2.95 bits per heavy atom. The second-order valence-electron chi connectivity index (χ2n) is 4.94. The molecule has 0 radical (unpaired) electrons. The Kier molecular flexibility index (Phi) is 2.53. The Balaban J connectivity index is 2.16. The molecule has 0 spiro atoms. The Bertz CT molecular complexity index is 610. The second kappa shape index (κ2) is 3.99. The molecule has 7 nitrogen and oxygen atoms in total. The molecule has 7 heteroatoms. The molecule has 1 amide bonds. The van der Waals surface area contributed by atoms with Crippen molar-refractivity contribution in [2.45, 2.75) is 32.2 Å². The lowest BCUT2D eigenvalue weighted by Crippen LogP contribution is -2.56. The quantitative estimate of drug-likeness (QED) is 0.672. The van der Waals surface area contributed by atoms with Crippen molar-refractivity contribution in [3.63, 3.8) is 0 Å². The highest BCUT2D eigenvalue weighted by Gasteiger charge is 2.40. The van der Waals surface area contributed by atoms with Gasteiger partial charge < -0.3 is 25.0 Å². The summed E-state index contributed by atoms with van der Waals surface area (Å²) in [6.07, 6.45) is 1.75. The summed E-state index contributed by atoms with van der Waals surface area (Å²) in [7, 11) is 0. The van der Waals surface area contributed by atoms with E-state index in [-0.39, 0.29) is 23.7 Å². The third kappa shape index (κ3) is 1.61. The number of fused-ring (bicyclic) bond motifs is 2. The smallest absolute Gasteiger partial charge is 0.276 e. The average molecular weight is 265 g/mol. The van der Waals surface area contributed by atoms with Gasteiger partial charge in [0, 0.05) is 12.2 Å². The van der Waals surface area contributed by atoms with E-state index in [0.29, 0.717) is 13.2 Å². The summed E-state index contributed by atoms with van der Waals surface area (Å²) in [5.74, 6) is -0.973. The summed E-state index contributed by atoms with van der Waals surface area (Å²) in [6.45, 7) is 2.88. The van der Waals surface area contributed by atoms with Crippen LogP contribution >= 0.6 is 0 Å². The van der Waals surface area contributed by atoms with E-state index in [0.717, 1.165) is 6.42 Å². The number of nitrogens with zero attached hydrogens (tertiary/aromatic N) is 2. The lowest BCUT2D eigenvalue weighted by molar-refractivity contribution is -0.112. The van der Waals surface area contributed by atoms with Gasteiger partial charge in [0.25, 0.3) is 5.91 Å². The number of pyridine rings is 1. The van der Waals surface area contributed by atoms with Crippen molar-refractivity contribution in [1.29, 1.82) is 0 Å². The normalized spacial score (nSPS) is 25.9. The molecule has 102 valence electrons. The standard InChI is InChI=1S/C12H15N3O4/c1-6-2-3-19-8-5-14-4-7(13)10(16)11(17)9(14)12(18)15(6)8/h4,6,8,17H,2-3,5,13H2,1H3/t6-,8+/m1/s1. The van der Waals surface area contributed by atoms with Crippen LogP contribution in [0.3, 0.4) is 0 Å². The van der Waals surface area contributed by atoms with Gasteiger partial charge in [-0.1, -0.05) is 0 Å². The molecule has 0 aliphatic carbocycles. The van der Waals surface area contributed by atoms with Gasteiger partial charge in [-0.2, -0.15) is 0 Å². The second-order valence-corrected chi connectivity index (χ2v) is 4.94. The van der Waals surface area contributed by atoms with E-state index < -0.39 is 17.1 Å². The van der Waals surface area contributed by atoms with E-state index in [1.165, 1.54) is 10.8 Å². The van der Waals surface area contributed by atoms with Crippen LogP contribution in [0, 0.1) is 0 Å². The van der Waals surface area contributed by atoms with Crippen LogP contribution in [-0.4, -0.2) is 39.4 Å². The molecule has 0 aromatic carbocycles. The molecule has 0 unspecified atom stereocenters. The Morgan fingerprint density at radius 1 is 1.47 bits per heavy atom. The van der Waals surface area contributed by atoms with E-state index in [4.69, 9.17) is 10.5 Å². The molecule has 1 aromatic heterocycles. The molecule has 2 aliphatic rings. The van der Waals surface area contributed by atoms with E-state index in [2.05, 4.69) is 0 Å². The van der Waals surface area contributed by atoms with E-state index >= 15 is 0 Å². The molecule has 0 bridgehead atoms. The van der Waals surface area contributed by atoms with Gasteiger partial charge in [0.05, 0.1) is 13.2 Å². The average Bonchev–Trinajstić information content (AvgIpc) is 2.35. The van der Waals surface area contributed by atoms with E-state index in [1.54, 1.807) is 4.90 Å². The van der Waals surface area contributed by atoms with Crippen LogP contribution in [0.1, 0.15) is 23.8 Å². The van der Waals surface area contributed by atoms with Crippen molar-refractivity contribution >= 4 is 11.6 Å². The SMILES string of the molecule is C[C@@H]1CCO[C@H]2Cn3cc(N)c(=O)c(O)c3C(=O)N12. The van der Waals surface area contributed by atoms with Crippen LogP contribution in [0.2, 0.25) is 0 Å². The zero-order valence-electron chi connectivity index (χ0n) is 10.5. The van der Waals surface area contributed by atoms with Crippen LogP contribution in [-0.2, 0) is 11.3 Å². The van der Waals surface area contributed by atoms with Gasteiger partial charge in [-0.05, 0) is 13.3 Å². The zero-order chi connectivity index (χ0) is 13.7. The molecule has 3 N–H and O–H groups in total. The molecule has 3 heterocycles. The Morgan fingerprint density at radius 2 is 2.21 bits per heavy atom. The number of aromatic hydroxyl groups is 1. The molecule has 19 heavy (non-hydrogen) atoms. The van der Waals surface area contributed by atoms with Crippen molar-refractivity contribution < 1.29 is 14.6 Å². The minimum atomic E-state index is -0.705. The molecule has 3 rings (SSSR count). The van der Waals surface area contributed by atoms with Gasteiger partial charge in [-0.15, -0.1) is 0 Å².